The first kappa shape index (κ1) is 14.2. The molecule has 0 atom stereocenters. The number of anilines is 1. The Morgan fingerprint density at radius 1 is 1.45 bits per heavy atom. The Hall–Kier alpha value is -2.22. The third-order valence-corrected chi connectivity index (χ3v) is 2.74. The Labute approximate surface area is 119 Å². The molecule has 5 heteroatoms. The number of nitrogens with zero attached hydrogens (tertiary/aromatic N) is 2. The van der Waals surface area contributed by atoms with Crippen LogP contribution in [0.5, 0.6) is 0 Å². The molecule has 1 aliphatic rings. The highest BCUT2D eigenvalue weighted by Crippen LogP contribution is 2.18. The topological polar surface area (TPSA) is 68.5 Å². The lowest BCUT2D eigenvalue weighted by atomic mass is 10.0. The summed E-state index contributed by atoms with van der Waals surface area (Å²) in [6.45, 7) is 6.80. The largest absolute Gasteiger partial charge is 0.444 e. The lowest BCUT2D eigenvalue weighted by Gasteiger charge is -2.37. The van der Waals surface area contributed by atoms with Crippen molar-refractivity contribution in [3.8, 4) is 11.8 Å². The van der Waals surface area contributed by atoms with Gasteiger partial charge in [0.1, 0.15) is 11.4 Å². The van der Waals surface area contributed by atoms with Gasteiger partial charge in [-0.05, 0) is 32.9 Å². The molecule has 0 aromatic carbocycles. The van der Waals surface area contributed by atoms with E-state index in [1.54, 1.807) is 17.2 Å². The molecule has 1 aromatic heterocycles. The number of carbonyl (C=O) groups is 1. The van der Waals surface area contributed by atoms with E-state index in [9.17, 15) is 4.79 Å². The maximum atomic E-state index is 11.7. The smallest absolute Gasteiger partial charge is 0.410 e. The summed E-state index contributed by atoms with van der Waals surface area (Å²) in [5, 5.41) is 0. The average molecular weight is 273 g/mol. The van der Waals surface area contributed by atoms with Gasteiger partial charge in [0.15, 0.2) is 0 Å². The van der Waals surface area contributed by atoms with E-state index in [0.29, 0.717) is 18.9 Å². The Morgan fingerprint density at radius 2 is 2.15 bits per heavy atom. The minimum Gasteiger partial charge on any atom is -0.444 e. The monoisotopic (exact) mass is 273 g/mol. The van der Waals surface area contributed by atoms with Crippen molar-refractivity contribution in [1.29, 1.82) is 0 Å². The summed E-state index contributed by atoms with van der Waals surface area (Å²) >= 11 is 0. The first-order chi connectivity index (χ1) is 9.33. The summed E-state index contributed by atoms with van der Waals surface area (Å²) in [4.78, 5) is 17.4. The molecule has 1 saturated heterocycles. The number of pyridine rings is 1. The highest BCUT2D eigenvalue weighted by atomic mass is 16.6. The van der Waals surface area contributed by atoms with Crippen LogP contribution in [0.1, 0.15) is 26.3 Å². The second-order valence-electron chi connectivity index (χ2n) is 5.82. The van der Waals surface area contributed by atoms with Gasteiger partial charge in [0, 0.05) is 24.8 Å². The van der Waals surface area contributed by atoms with E-state index in [0.717, 1.165) is 5.56 Å². The highest BCUT2D eigenvalue weighted by Gasteiger charge is 2.32. The van der Waals surface area contributed by atoms with Crippen LogP contribution in [0, 0.1) is 17.8 Å². The number of rotatable bonds is 0. The van der Waals surface area contributed by atoms with Gasteiger partial charge in [-0.25, -0.2) is 9.78 Å². The van der Waals surface area contributed by atoms with Crippen LogP contribution in [-0.2, 0) is 4.74 Å². The van der Waals surface area contributed by atoms with E-state index in [-0.39, 0.29) is 12.0 Å². The molecule has 5 nitrogen and oxygen atoms in total. The number of ether oxygens (including phenoxy) is 1. The zero-order chi connectivity index (χ0) is 14.8. The van der Waals surface area contributed by atoms with Crippen molar-refractivity contribution in [1.82, 2.24) is 9.88 Å². The Balaban J connectivity index is 1.83. The molecule has 106 valence electrons. The maximum Gasteiger partial charge on any atom is 0.410 e. The number of hydrogen-bond donors (Lipinski definition) is 1. The minimum absolute atomic E-state index is 0.195. The number of amides is 1. The molecule has 1 aromatic rings. The molecule has 0 unspecified atom stereocenters. The second-order valence-corrected chi connectivity index (χ2v) is 5.82. The average Bonchev–Trinajstić information content (AvgIpc) is 2.27. The fourth-order valence-electron chi connectivity index (χ4n) is 1.71. The predicted octanol–water partition coefficient (Wildman–Crippen LogP) is 1.88. The molecule has 0 bridgehead atoms. The fourth-order valence-corrected chi connectivity index (χ4v) is 1.71. The molecule has 0 spiro atoms. The molecule has 1 fully saturated rings. The van der Waals surface area contributed by atoms with Gasteiger partial charge in [-0.3, -0.25) is 0 Å². The summed E-state index contributed by atoms with van der Waals surface area (Å²) in [5.74, 6) is 6.83. The Kier molecular flexibility index (Phi) is 3.84. The summed E-state index contributed by atoms with van der Waals surface area (Å²) in [6.07, 6.45) is 1.37. The van der Waals surface area contributed by atoms with Gasteiger partial charge in [0.2, 0.25) is 0 Å². The third-order valence-electron chi connectivity index (χ3n) is 2.74. The van der Waals surface area contributed by atoms with Crippen LogP contribution in [0.2, 0.25) is 0 Å². The van der Waals surface area contributed by atoms with Crippen LogP contribution < -0.4 is 5.73 Å². The van der Waals surface area contributed by atoms with Crippen molar-refractivity contribution < 1.29 is 9.53 Å². The molecule has 2 N–H and O–H groups in total. The number of aromatic nitrogens is 1. The van der Waals surface area contributed by atoms with Crippen LogP contribution in [0.15, 0.2) is 18.3 Å². The maximum absolute atomic E-state index is 11.7. The van der Waals surface area contributed by atoms with Crippen LogP contribution in [0.25, 0.3) is 0 Å². The van der Waals surface area contributed by atoms with Gasteiger partial charge in [-0.1, -0.05) is 11.8 Å². The lowest BCUT2D eigenvalue weighted by molar-refractivity contribution is 0.00592. The Bertz CT molecular complexity index is 543. The SMILES string of the molecule is CC(C)(C)OC(=O)N1CC(C#Cc2ccc(N)nc2)C1. The van der Waals surface area contributed by atoms with Crippen molar-refractivity contribution in [2.75, 3.05) is 18.8 Å². The molecule has 1 aliphatic heterocycles. The zero-order valence-corrected chi connectivity index (χ0v) is 12.0. The molecule has 0 radical (unpaired) electrons. The Morgan fingerprint density at radius 3 is 2.70 bits per heavy atom. The number of nitrogen functional groups attached to an aromatic ring is 1. The molecule has 1 amide bonds. The molecular formula is C15H19N3O2. The third kappa shape index (κ3) is 3.89. The van der Waals surface area contributed by atoms with Gasteiger partial charge in [-0.15, -0.1) is 0 Å². The van der Waals surface area contributed by atoms with E-state index >= 15 is 0 Å². The lowest BCUT2D eigenvalue weighted by Crippen LogP contribution is -2.51. The predicted molar refractivity (Wildman–Crippen MR) is 76.8 cm³/mol. The normalized spacial score (nSPS) is 15.1. The molecule has 0 saturated carbocycles. The number of carbonyl (C=O) groups excluding carboxylic acids is 1. The number of nitrogens with two attached hydrogens (primary N) is 1. The van der Waals surface area contributed by atoms with E-state index in [1.807, 2.05) is 26.8 Å². The van der Waals surface area contributed by atoms with Gasteiger partial charge in [0.25, 0.3) is 0 Å². The second kappa shape index (κ2) is 5.41. The zero-order valence-electron chi connectivity index (χ0n) is 12.0. The van der Waals surface area contributed by atoms with Crippen molar-refractivity contribution in [2.24, 2.45) is 5.92 Å². The van der Waals surface area contributed by atoms with Crippen molar-refractivity contribution in [3.63, 3.8) is 0 Å². The van der Waals surface area contributed by atoms with Crippen molar-refractivity contribution in [2.45, 2.75) is 26.4 Å². The first-order valence-corrected chi connectivity index (χ1v) is 6.54. The number of likely N-dealkylation sites (tertiary alicyclic amines) is 1. The fraction of sp³-hybridized carbons (Fsp3) is 0.467. The minimum atomic E-state index is -0.455. The van der Waals surface area contributed by atoms with Crippen LogP contribution in [0.4, 0.5) is 10.6 Å². The molecule has 2 rings (SSSR count). The van der Waals surface area contributed by atoms with E-state index in [4.69, 9.17) is 10.5 Å². The summed E-state index contributed by atoms with van der Waals surface area (Å²) < 4.78 is 5.28. The summed E-state index contributed by atoms with van der Waals surface area (Å²) in [7, 11) is 0. The van der Waals surface area contributed by atoms with Gasteiger partial charge < -0.3 is 15.4 Å². The molecule has 2 heterocycles. The van der Waals surface area contributed by atoms with E-state index < -0.39 is 5.60 Å². The van der Waals surface area contributed by atoms with Gasteiger partial charge in [-0.2, -0.15) is 0 Å². The molecule has 0 aliphatic carbocycles. The molecule has 20 heavy (non-hydrogen) atoms. The van der Waals surface area contributed by atoms with Crippen molar-refractivity contribution >= 4 is 11.9 Å². The van der Waals surface area contributed by atoms with Gasteiger partial charge in [0.05, 0.1) is 5.92 Å². The molecular weight excluding hydrogens is 254 g/mol. The quantitative estimate of drug-likeness (QED) is 0.733. The van der Waals surface area contributed by atoms with Crippen LogP contribution in [-0.4, -0.2) is 34.7 Å². The summed E-state index contributed by atoms with van der Waals surface area (Å²) in [5.41, 5.74) is 5.88. The van der Waals surface area contributed by atoms with Gasteiger partial charge >= 0.3 is 6.09 Å². The highest BCUT2D eigenvalue weighted by molar-refractivity contribution is 5.69. The standard InChI is InChI=1S/C15H19N3O2/c1-15(2,3)20-14(19)18-9-12(10-18)5-4-11-6-7-13(16)17-8-11/h6-8,12H,9-10H2,1-3H3,(H2,16,17). The first-order valence-electron chi connectivity index (χ1n) is 6.54. The summed E-state index contributed by atoms with van der Waals surface area (Å²) in [6, 6.07) is 3.55. The van der Waals surface area contributed by atoms with Crippen LogP contribution in [0.3, 0.4) is 0 Å². The number of hydrogen-bond acceptors (Lipinski definition) is 4. The van der Waals surface area contributed by atoms with Crippen molar-refractivity contribution in [3.05, 3.63) is 23.9 Å². The van der Waals surface area contributed by atoms with E-state index in [1.165, 1.54) is 0 Å². The van der Waals surface area contributed by atoms with Crippen LogP contribution >= 0.6 is 0 Å². The van der Waals surface area contributed by atoms with E-state index in [2.05, 4.69) is 16.8 Å².